The number of aliphatic carboxylic acids is 2. The van der Waals surface area contributed by atoms with E-state index in [0.29, 0.717) is 4.99 Å². The smallest absolute Gasteiger partial charge is 0.550 e. The Labute approximate surface area is 102 Å². The Hall–Kier alpha value is -0.248. The van der Waals surface area contributed by atoms with Crippen LogP contribution in [0, 0.1) is 0 Å². The summed E-state index contributed by atoms with van der Waals surface area (Å²) in [5, 5.41) is 17.8. The topological polar surface area (TPSA) is 106 Å². The van der Waals surface area contributed by atoms with Crippen molar-refractivity contribution >= 4 is 29.1 Å². The zero-order chi connectivity index (χ0) is 10.7. The van der Waals surface area contributed by atoms with E-state index in [1.165, 1.54) is 0 Å². The Kier molecular flexibility index (Phi) is 31.4. The minimum atomic E-state index is -1.08. The fourth-order valence-corrected chi connectivity index (χ4v) is 0. The first-order valence-electron chi connectivity index (χ1n) is 2.81. The summed E-state index contributed by atoms with van der Waals surface area (Å²) in [6.07, 6.45) is 0. The van der Waals surface area contributed by atoms with Gasteiger partial charge in [0.1, 0.15) is 0 Å². The van der Waals surface area contributed by atoms with Crippen LogP contribution in [0.2, 0.25) is 0 Å². The minimum absolute atomic E-state index is 0. The number of carbonyl (C=O) groups excluding carboxylic acids is 2. The SMILES string of the molecule is CC(=O)[O-].CC(=O)[O-].CC(N)=S.[Cd+2]. The predicted octanol–water partition coefficient (Wildman–Crippen LogP) is -2.20. The molecule has 2 N–H and O–H groups in total. The number of hydrogen-bond donors (Lipinski definition) is 1. The van der Waals surface area contributed by atoms with Gasteiger partial charge in [-0.15, -0.1) is 0 Å². The number of carboxylic acid groups (broad SMARTS) is 2. The summed E-state index contributed by atoms with van der Waals surface area (Å²) < 4.78 is 0. The standard InChI is InChI=1S/C2H5NS.2C2H4O2.Cd/c3*1-2(3)4;/h1H3,(H2,3,4);2*1H3,(H,3,4);/q;;;+2/p-2. The summed E-state index contributed by atoms with van der Waals surface area (Å²) in [5.41, 5.74) is 4.84. The quantitative estimate of drug-likeness (QED) is 0.402. The van der Waals surface area contributed by atoms with Crippen LogP contribution in [-0.4, -0.2) is 16.9 Å². The Balaban J connectivity index is -0.0000000450. The summed E-state index contributed by atoms with van der Waals surface area (Å²) in [6.45, 7) is 3.62. The van der Waals surface area contributed by atoms with E-state index in [1.54, 1.807) is 6.92 Å². The third-order valence-electron chi connectivity index (χ3n) is 0. The molecule has 0 fully saturated rings. The van der Waals surface area contributed by atoms with Crippen molar-refractivity contribution in [3.8, 4) is 0 Å². The molecule has 0 rings (SSSR count). The van der Waals surface area contributed by atoms with Crippen molar-refractivity contribution < 1.29 is 47.1 Å². The summed E-state index contributed by atoms with van der Waals surface area (Å²) in [4.78, 5) is 18.3. The third kappa shape index (κ3) is 18200. The Morgan fingerprint density at radius 1 is 1.08 bits per heavy atom. The van der Waals surface area contributed by atoms with Gasteiger partial charge in [0.25, 0.3) is 0 Å². The number of nitrogens with two attached hydrogens (primary N) is 1. The van der Waals surface area contributed by atoms with Gasteiger partial charge in [0.2, 0.25) is 0 Å². The molecule has 0 aromatic carbocycles. The molecule has 0 bridgehead atoms. The van der Waals surface area contributed by atoms with Crippen molar-refractivity contribution in [1.82, 2.24) is 0 Å². The monoisotopic (exact) mass is 307 g/mol. The molecule has 0 aliphatic rings. The van der Waals surface area contributed by atoms with E-state index in [-0.39, 0.29) is 27.3 Å². The zero-order valence-corrected chi connectivity index (χ0v) is 12.7. The molecular formula is C6H11CdNO4S. The van der Waals surface area contributed by atoms with Crippen molar-refractivity contribution in [2.75, 3.05) is 0 Å². The van der Waals surface area contributed by atoms with Gasteiger partial charge in [0, 0.05) is 11.9 Å². The van der Waals surface area contributed by atoms with E-state index in [1.807, 2.05) is 0 Å². The van der Waals surface area contributed by atoms with E-state index in [0.717, 1.165) is 13.8 Å². The van der Waals surface area contributed by atoms with Crippen LogP contribution in [0.5, 0.6) is 0 Å². The number of hydrogen-bond acceptors (Lipinski definition) is 5. The Bertz CT molecular complexity index is 122. The second kappa shape index (κ2) is 17.7. The average Bonchev–Trinajstić information content (AvgIpc) is 1.54. The maximum absolute atomic E-state index is 8.89. The van der Waals surface area contributed by atoms with Crippen molar-refractivity contribution in [3.05, 3.63) is 0 Å². The van der Waals surface area contributed by atoms with Gasteiger partial charge in [-0.3, -0.25) is 0 Å². The number of thiocarbonyl (C=S) groups is 1. The number of carboxylic acids is 2. The summed E-state index contributed by atoms with van der Waals surface area (Å²) in [7, 11) is 0. The molecular weight excluding hydrogens is 295 g/mol. The second-order valence-electron chi connectivity index (χ2n) is 1.59. The first-order chi connectivity index (χ1) is 5.20. The number of rotatable bonds is 0. The van der Waals surface area contributed by atoms with Gasteiger partial charge in [-0.25, -0.2) is 0 Å². The molecule has 0 aromatic rings. The third-order valence-corrected chi connectivity index (χ3v) is 0. The molecule has 13 heavy (non-hydrogen) atoms. The molecule has 0 spiro atoms. The minimum Gasteiger partial charge on any atom is -0.550 e. The van der Waals surface area contributed by atoms with Crippen LogP contribution in [0.15, 0.2) is 0 Å². The van der Waals surface area contributed by atoms with E-state index >= 15 is 0 Å². The van der Waals surface area contributed by atoms with Crippen LogP contribution < -0.4 is 15.9 Å². The van der Waals surface area contributed by atoms with Crippen LogP contribution in [0.4, 0.5) is 0 Å². The molecule has 0 saturated heterocycles. The van der Waals surface area contributed by atoms with Crippen LogP contribution in [-0.2, 0) is 36.9 Å². The molecule has 0 atom stereocenters. The molecule has 0 saturated carbocycles. The van der Waals surface area contributed by atoms with Gasteiger partial charge in [0.15, 0.2) is 0 Å². The summed E-state index contributed by atoms with van der Waals surface area (Å²) in [6, 6.07) is 0. The summed E-state index contributed by atoms with van der Waals surface area (Å²) in [5.74, 6) is -2.17. The number of carbonyl (C=O) groups is 2. The summed E-state index contributed by atoms with van der Waals surface area (Å²) >= 11 is 4.31. The Morgan fingerprint density at radius 3 is 1.08 bits per heavy atom. The predicted molar refractivity (Wildman–Crippen MR) is 43.8 cm³/mol. The first-order valence-corrected chi connectivity index (χ1v) is 3.22. The second-order valence-corrected chi connectivity index (χ2v) is 2.24. The first kappa shape index (κ1) is 23.0. The van der Waals surface area contributed by atoms with E-state index in [2.05, 4.69) is 12.2 Å². The molecule has 0 amide bonds. The van der Waals surface area contributed by atoms with Crippen molar-refractivity contribution in [1.29, 1.82) is 0 Å². The molecule has 7 heteroatoms. The van der Waals surface area contributed by atoms with Crippen LogP contribution >= 0.6 is 12.2 Å². The van der Waals surface area contributed by atoms with Crippen LogP contribution in [0.1, 0.15) is 20.8 Å². The largest absolute Gasteiger partial charge is 2.00 e. The van der Waals surface area contributed by atoms with Crippen molar-refractivity contribution in [3.63, 3.8) is 0 Å². The van der Waals surface area contributed by atoms with Crippen molar-refractivity contribution in [2.24, 2.45) is 5.73 Å². The zero-order valence-electron chi connectivity index (χ0n) is 7.83. The molecule has 0 aliphatic heterocycles. The molecule has 5 nitrogen and oxygen atoms in total. The van der Waals surface area contributed by atoms with Gasteiger partial charge >= 0.3 is 27.3 Å². The fourth-order valence-electron chi connectivity index (χ4n) is 0. The average molecular weight is 306 g/mol. The molecule has 0 radical (unpaired) electrons. The van der Waals surface area contributed by atoms with Gasteiger partial charge in [-0.2, -0.15) is 0 Å². The molecule has 0 unspecified atom stereocenters. The van der Waals surface area contributed by atoms with E-state index < -0.39 is 11.9 Å². The van der Waals surface area contributed by atoms with E-state index in [4.69, 9.17) is 25.5 Å². The fraction of sp³-hybridized carbons (Fsp3) is 0.500. The van der Waals surface area contributed by atoms with Crippen LogP contribution in [0.3, 0.4) is 0 Å². The van der Waals surface area contributed by atoms with E-state index in [9.17, 15) is 0 Å². The maximum Gasteiger partial charge on any atom is 2.00 e. The molecule has 72 valence electrons. The van der Waals surface area contributed by atoms with Gasteiger partial charge in [-0.05, 0) is 20.8 Å². The maximum atomic E-state index is 8.89. The van der Waals surface area contributed by atoms with Crippen molar-refractivity contribution in [2.45, 2.75) is 20.8 Å². The van der Waals surface area contributed by atoms with Gasteiger partial charge in [-0.1, -0.05) is 12.2 Å². The normalized spacial score (nSPS) is 5.77. The molecule has 0 aliphatic carbocycles. The Morgan fingerprint density at radius 2 is 1.08 bits per heavy atom. The molecule has 0 heterocycles. The van der Waals surface area contributed by atoms with Gasteiger partial charge in [0.05, 0.1) is 4.99 Å². The molecule has 0 aromatic heterocycles. The van der Waals surface area contributed by atoms with Crippen LogP contribution in [0.25, 0.3) is 0 Å². The van der Waals surface area contributed by atoms with Gasteiger partial charge < -0.3 is 25.5 Å².